The number of benzene rings is 2. The molecule has 2 heterocycles. The molecule has 3 atom stereocenters. The van der Waals surface area contributed by atoms with Gasteiger partial charge in [0.1, 0.15) is 6.04 Å². The van der Waals surface area contributed by atoms with Crippen molar-refractivity contribution in [2.45, 2.75) is 57.7 Å². The Balaban J connectivity index is 1.48. The van der Waals surface area contributed by atoms with Gasteiger partial charge in [-0.25, -0.2) is 4.98 Å². The van der Waals surface area contributed by atoms with Gasteiger partial charge in [-0.05, 0) is 55.4 Å². The molecule has 4 rings (SSSR count). The standard InChI is InChI=1S/C30H38N8O3S/c1-17(2)14-24(37-27(40)20(31)15-18-16-35-21-9-4-3-8-19(18)21)28(41)36-23(11-7-13-34-30(32)33)26(39)29-38-22-10-5-6-12-25(22)42-29/h3-6,8-10,12,16-17,20,23-24,35H,7,11,13-15,31H2,1-2H3,(H,36,41)(H,37,40)(H4,32,33,34)/t20-,23-,24-/m0/s1. The maximum Gasteiger partial charge on any atom is 0.243 e. The summed E-state index contributed by atoms with van der Waals surface area (Å²) in [5.74, 6) is -1.16. The molecule has 0 bridgehead atoms. The van der Waals surface area contributed by atoms with Crippen molar-refractivity contribution in [3.8, 4) is 0 Å². The van der Waals surface area contributed by atoms with Gasteiger partial charge in [0.15, 0.2) is 11.0 Å². The summed E-state index contributed by atoms with van der Waals surface area (Å²) in [5, 5.41) is 7.00. The second-order valence-corrected chi connectivity index (χ2v) is 11.8. The molecule has 4 aromatic rings. The smallest absolute Gasteiger partial charge is 0.243 e. The van der Waals surface area contributed by atoms with E-state index < -0.39 is 29.9 Å². The van der Waals surface area contributed by atoms with Gasteiger partial charge in [0, 0.05) is 23.6 Å². The third kappa shape index (κ3) is 7.92. The predicted octanol–water partition coefficient (Wildman–Crippen LogP) is 2.60. The maximum atomic E-state index is 13.6. The van der Waals surface area contributed by atoms with Crippen LogP contribution in [0.15, 0.2) is 59.7 Å². The van der Waals surface area contributed by atoms with E-state index in [1.54, 1.807) is 0 Å². The second-order valence-electron chi connectivity index (χ2n) is 10.7. The van der Waals surface area contributed by atoms with Gasteiger partial charge in [0.2, 0.25) is 17.6 Å². The van der Waals surface area contributed by atoms with Crippen molar-refractivity contribution in [2.75, 3.05) is 6.54 Å². The number of nitrogens with two attached hydrogens (primary N) is 3. The minimum absolute atomic E-state index is 0.0447. The first-order valence-electron chi connectivity index (χ1n) is 14.0. The summed E-state index contributed by atoms with van der Waals surface area (Å²) in [6.45, 7) is 4.21. The van der Waals surface area contributed by atoms with E-state index in [1.807, 2.05) is 68.6 Å². The number of aromatic nitrogens is 2. The number of hydrogen-bond donors (Lipinski definition) is 6. The average molecular weight is 591 g/mol. The highest BCUT2D eigenvalue weighted by Crippen LogP contribution is 2.24. The highest BCUT2D eigenvalue weighted by Gasteiger charge is 2.30. The van der Waals surface area contributed by atoms with Crippen LogP contribution in [0.1, 0.15) is 48.5 Å². The largest absolute Gasteiger partial charge is 0.370 e. The molecule has 2 aromatic heterocycles. The fourth-order valence-electron chi connectivity index (χ4n) is 4.78. The molecule has 0 saturated carbocycles. The number of aromatic amines is 1. The van der Waals surface area contributed by atoms with E-state index >= 15 is 0 Å². The van der Waals surface area contributed by atoms with E-state index in [2.05, 4.69) is 25.6 Å². The Hall–Kier alpha value is -4.29. The first kappa shape index (κ1) is 30.7. The Labute approximate surface area is 248 Å². The summed E-state index contributed by atoms with van der Waals surface area (Å²) in [6.07, 6.45) is 3.26. The molecular weight excluding hydrogens is 552 g/mol. The van der Waals surface area contributed by atoms with Crippen LogP contribution >= 0.6 is 11.3 Å². The highest BCUT2D eigenvalue weighted by molar-refractivity contribution is 7.20. The third-order valence-corrected chi connectivity index (χ3v) is 7.93. The van der Waals surface area contributed by atoms with Crippen LogP contribution in [0.4, 0.5) is 0 Å². The van der Waals surface area contributed by atoms with E-state index in [9.17, 15) is 14.4 Å². The number of para-hydroxylation sites is 2. The van der Waals surface area contributed by atoms with Crippen LogP contribution in [0.5, 0.6) is 0 Å². The summed E-state index contributed by atoms with van der Waals surface area (Å²) in [6, 6.07) is 12.6. The number of amides is 2. The van der Waals surface area contributed by atoms with Gasteiger partial charge in [-0.1, -0.05) is 44.2 Å². The average Bonchev–Trinajstić information content (AvgIpc) is 3.58. The van der Waals surface area contributed by atoms with E-state index in [1.165, 1.54) is 11.3 Å². The van der Waals surface area contributed by atoms with Gasteiger partial charge >= 0.3 is 0 Å². The molecule has 0 saturated heterocycles. The number of carbonyl (C=O) groups excluding carboxylic acids is 3. The molecule has 222 valence electrons. The molecule has 42 heavy (non-hydrogen) atoms. The van der Waals surface area contributed by atoms with Crippen molar-refractivity contribution in [3.63, 3.8) is 0 Å². The van der Waals surface area contributed by atoms with Crippen LogP contribution in [-0.4, -0.2) is 58.2 Å². The van der Waals surface area contributed by atoms with Crippen molar-refractivity contribution in [1.29, 1.82) is 0 Å². The first-order chi connectivity index (χ1) is 20.1. The number of aliphatic imine (C=N–C) groups is 1. The Morgan fingerprint density at radius 1 is 1.00 bits per heavy atom. The Morgan fingerprint density at radius 2 is 1.71 bits per heavy atom. The minimum Gasteiger partial charge on any atom is -0.370 e. The number of ketones is 1. The van der Waals surface area contributed by atoms with Gasteiger partial charge in [0.25, 0.3) is 0 Å². The molecular formula is C30H38N8O3S. The molecule has 0 unspecified atom stereocenters. The number of fused-ring (bicyclic) bond motifs is 2. The Bertz CT molecular complexity index is 1540. The molecule has 0 fully saturated rings. The molecule has 9 N–H and O–H groups in total. The summed E-state index contributed by atoms with van der Waals surface area (Å²) in [7, 11) is 0. The van der Waals surface area contributed by atoms with Crippen molar-refractivity contribution in [3.05, 3.63) is 65.3 Å². The van der Waals surface area contributed by atoms with Gasteiger partial charge in [-0.15, -0.1) is 11.3 Å². The zero-order chi connectivity index (χ0) is 30.2. The van der Waals surface area contributed by atoms with Crippen LogP contribution in [0.3, 0.4) is 0 Å². The maximum absolute atomic E-state index is 13.6. The molecule has 0 radical (unpaired) electrons. The Morgan fingerprint density at radius 3 is 2.45 bits per heavy atom. The lowest BCUT2D eigenvalue weighted by atomic mass is 10.00. The summed E-state index contributed by atoms with van der Waals surface area (Å²) in [5.41, 5.74) is 19.8. The normalized spacial score (nSPS) is 13.5. The topological polar surface area (TPSA) is 194 Å². The molecule has 2 amide bonds. The summed E-state index contributed by atoms with van der Waals surface area (Å²) >= 11 is 1.27. The molecule has 0 aliphatic rings. The van der Waals surface area contributed by atoms with E-state index in [-0.39, 0.29) is 17.7 Å². The van der Waals surface area contributed by atoms with Gasteiger partial charge in [0.05, 0.1) is 22.3 Å². The van der Waals surface area contributed by atoms with Crippen molar-refractivity contribution < 1.29 is 14.4 Å². The lowest BCUT2D eigenvalue weighted by molar-refractivity contribution is -0.130. The molecule has 0 spiro atoms. The number of nitrogens with zero attached hydrogens (tertiary/aromatic N) is 2. The highest BCUT2D eigenvalue weighted by atomic mass is 32.1. The Kier molecular flexibility index (Phi) is 10.3. The number of Topliss-reactive ketones (excluding diaryl/α,β-unsaturated/α-hetero) is 1. The molecule has 2 aromatic carbocycles. The van der Waals surface area contributed by atoms with Crippen LogP contribution < -0.4 is 27.8 Å². The van der Waals surface area contributed by atoms with Gasteiger partial charge < -0.3 is 32.8 Å². The second kappa shape index (κ2) is 14.1. The number of thiazole rings is 1. The van der Waals surface area contributed by atoms with E-state index in [4.69, 9.17) is 17.2 Å². The molecule has 0 aliphatic carbocycles. The SMILES string of the molecule is CC(C)C[C@H](NC(=O)[C@@H](N)Cc1c[nH]c2ccccc12)C(=O)N[C@@H](CCCN=C(N)N)C(=O)c1nc2ccccc2s1. The molecule has 11 nitrogen and oxygen atoms in total. The third-order valence-electron chi connectivity index (χ3n) is 6.87. The van der Waals surface area contributed by atoms with Crippen molar-refractivity contribution in [2.24, 2.45) is 28.1 Å². The van der Waals surface area contributed by atoms with Crippen molar-refractivity contribution >= 4 is 56.0 Å². The lowest BCUT2D eigenvalue weighted by Gasteiger charge is -2.25. The van der Waals surface area contributed by atoms with Crippen LogP contribution in [-0.2, 0) is 16.0 Å². The van der Waals surface area contributed by atoms with Crippen LogP contribution in [0.25, 0.3) is 21.1 Å². The van der Waals surface area contributed by atoms with Gasteiger partial charge in [-0.2, -0.15) is 0 Å². The van der Waals surface area contributed by atoms with E-state index in [0.29, 0.717) is 42.8 Å². The zero-order valence-electron chi connectivity index (χ0n) is 23.8. The zero-order valence-corrected chi connectivity index (χ0v) is 24.6. The lowest BCUT2D eigenvalue weighted by Crippen LogP contribution is -2.55. The number of carbonyl (C=O) groups is 3. The quantitative estimate of drug-likeness (QED) is 0.0562. The van der Waals surface area contributed by atoms with Gasteiger partial charge in [-0.3, -0.25) is 19.4 Å². The predicted molar refractivity (Wildman–Crippen MR) is 167 cm³/mol. The number of rotatable bonds is 14. The number of guanidine groups is 1. The van der Waals surface area contributed by atoms with Crippen molar-refractivity contribution in [1.82, 2.24) is 20.6 Å². The fraction of sp³-hybridized carbons (Fsp3) is 0.367. The molecule has 12 heteroatoms. The number of nitrogens with one attached hydrogen (secondary N) is 3. The monoisotopic (exact) mass is 590 g/mol. The fourth-order valence-corrected chi connectivity index (χ4v) is 5.74. The van der Waals surface area contributed by atoms with E-state index in [0.717, 1.165) is 21.2 Å². The first-order valence-corrected chi connectivity index (χ1v) is 14.8. The van der Waals surface area contributed by atoms with Crippen LogP contribution in [0.2, 0.25) is 0 Å². The summed E-state index contributed by atoms with van der Waals surface area (Å²) in [4.78, 5) is 52.0. The number of hydrogen-bond acceptors (Lipinski definition) is 7. The molecule has 0 aliphatic heterocycles. The minimum atomic E-state index is -0.880. The van der Waals surface area contributed by atoms with Crippen LogP contribution in [0, 0.1) is 5.92 Å². The summed E-state index contributed by atoms with van der Waals surface area (Å²) < 4.78 is 0.876. The number of H-pyrrole nitrogens is 1.